The second kappa shape index (κ2) is 11.8. The predicted octanol–water partition coefficient (Wildman–Crippen LogP) is 2.04. The van der Waals surface area contributed by atoms with Gasteiger partial charge in [-0.3, -0.25) is 24.5 Å². The molecule has 1 fully saturated rings. The molecular weight excluding hydrogens is 564 g/mol. The number of ether oxygens (including phenoxy) is 5. The van der Waals surface area contributed by atoms with Crippen LogP contribution < -0.4 is 4.74 Å². The lowest BCUT2D eigenvalue weighted by atomic mass is 9.84. The van der Waals surface area contributed by atoms with Crippen LogP contribution in [-0.4, -0.2) is 73.6 Å². The van der Waals surface area contributed by atoms with Crippen molar-refractivity contribution in [1.82, 2.24) is 4.31 Å². The zero-order chi connectivity index (χ0) is 30.1. The Kier molecular flexibility index (Phi) is 8.60. The third-order valence-corrected chi connectivity index (χ3v) is 8.57. The number of nitrogens with zero attached hydrogens (tertiary/aromatic N) is 2. The number of benzene rings is 2. The standard InChI is InChI=1S/C26H28N2O12S/c1-14(29)37-13-21-25(38-15(2)30)26(39-16(3)31)23-24(40-21)19-10-9-18(36-4)11-17(19)12-27(23)41(34,35)22-8-6-5-7-20(22)28(32)33/h5-11,21,23-26H,12-13H2,1-4H3/t21-,23+,24-,25-,26-/m1/s1. The van der Waals surface area contributed by atoms with Gasteiger partial charge in [0.05, 0.1) is 18.1 Å². The molecule has 2 aliphatic rings. The quantitative estimate of drug-likeness (QED) is 0.189. The lowest BCUT2D eigenvalue weighted by molar-refractivity contribution is -0.387. The summed E-state index contributed by atoms with van der Waals surface area (Å²) in [7, 11) is -3.25. The number of sulfonamides is 1. The summed E-state index contributed by atoms with van der Waals surface area (Å²) >= 11 is 0. The molecule has 0 radical (unpaired) electrons. The van der Waals surface area contributed by atoms with Gasteiger partial charge in [0.25, 0.3) is 15.7 Å². The summed E-state index contributed by atoms with van der Waals surface area (Å²) in [6, 6.07) is 8.36. The molecule has 0 aliphatic carbocycles. The first-order valence-electron chi connectivity index (χ1n) is 12.4. The van der Waals surface area contributed by atoms with Crippen LogP contribution in [0.4, 0.5) is 5.69 Å². The number of carbonyl (C=O) groups is 3. The van der Waals surface area contributed by atoms with E-state index >= 15 is 0 Å². The summed E-state index contributed by atoms with van der Waals surface area (Å²) in [5, 5.41) is 11.8. The molecule has 41 heavy (non-hydrogen) atoms. The number of carbonyl (C=O) groups excluding carboxylic acids is 3. The van der Waals surface area contributed by atoms with Crippen molar-refractivity contribution in [2.45, 2.75) is 62.7 Å². The predicted molar refractivity (Wildman–Crippen MR) is 138 cm³/mol. The van der Waals surface area contributed by atoms with Crippen LogP contribution in [0.1, 0.15) is 38.0 Å². The highest BCUT2D eigenvalue weighted by molar-refractivity contribution is 7.89. The molecule has 0 unspecified atom stereocenters. The zero-order valence-corrected chi connectivity index (χ0v) is 23.4. The maximum absolute atomic E-state index is 14.2. The van der Waals surface area contributed by atoms with E-state index in [-0.39, 0.29) is 6.54 Å². The Labute approximate surface area is 235 Å². The Morgan fingerprint density at radius 2 is 1.68 bits per heavy atom. The normalized spacial score (nSPS) is 23.9. The highest BCUT2D eigenvalue weighted by Crippen LogP contribution is 2.46. The van der Waals surface area contributed by atoms with Gasteiger partial charge in [-0.15, -0.1) is 0 Å². The van der Waals surface area contributed by atoms with Crippen LogP contribution in [0.5, 0.6) is 5.75 Å². The van der Waals surface area contributed by atoms with Crippen molar-refractivity contribution in [3.05, 3.63) is 63.7 Å². The molecule has 2 aliphatic heterocycles. The monoisotopic (exact) mass is 592 g/mol. The molecule has 0 spiro atoms. The minimum Gasteiger partial charge on any atom is -0.497 e. The minimum absolute atomic E-state index is 0.315. The summed E-state index contributed by atoms with van der Waals surface area (Å²) in [6.07, 6.45) is -5.17. The van der Waals surface area contributed by atoms with Crippen LogP contribution in [-0.2, 0) is 49.9 Å². The first-order valence-corrected chi connectivity index (χ1v) is 13.8. The average molecular weight is 593 g/mol. The fraction of sp³-hybridized carbons (Fsp3) is 0.423. The average Bonchev–Trinajstić information content (AvgIpc) is 2.91. The lowest BCUT2D eigenvalue weighted by Gasteiger charge is -2.51. The Bertz CT molecular complexity index is 1480. The van der Waals surface area contributed by atoms with E-state index < -0.39 is 80.5 Å². The fourth-order valence-corrected chi connectivity index (χ4v) is 6.86. The SMILES string of the molecule is COc1ccc2c(c1)CN(S(=O)(=O)c1ccccc1[N+](=O)[O-])[C@@H]1[C@@H](OC(C)=O)[C@H](OC(C)=O)[C@@H](COC(C)=O)O[C@H]21. The maximum Gasteiger partial charge on any atom is 0.303 e. The number of nitro groups is 1. The van der Waals surface area contributed by atoms with Gasteiger partial charge in [-0.05, 0) is 29.3 Å². The van der Waals surface area contributed by atoms with Crippen molar-refractivity contribution < 1.29 is 51.4 Å². The zero-order valence-electron chi connectivity index (χ0n) is 22.5. The molecule has 15 heteroatoms. The second-order valence-electron chi connectivity index (χ2n) is 9.38. The van der Waals surface area contributed by atoms with Gasteiger partial charge in [-0.1, -0.05) is 18.2 Å². The minimum atomic E-state index is -4.68. The molecule has 0 aromatic heterocycles. The third kappa shape index (κ3) is 6.01. The number of methoxy groups -OCH3 is 1. The van der Waals surface area contributed by atoms with Gasteiger partial charge in [-0.2, -0.15) is 4.31 Å². The van der Waals surface area contributed by atoms with Crippen LogP contribution >= 0.6 is 0 Å². The van der Waals surface area contributed by atoms with E-state index in [2.05, 4.69) is 0 Å². The number of fused-ring (bicyclic) bond motifs is 3. The molecule has 0 saturated carbocycles. The van der Waals surface area contributed by atoms with Gasteiger partial charge >= 0.3 is 17.9 Å². The van der Waals surface area contributed by atoms with Gasteiger partial charge in [-0.25, -0.2) is 8.42 Å². The van der Waals surface area contributed by atoms with Crippen LogP contribution in [0, 0.1) is 10.1 Å². The molecule has 4 rings (SSSR count). The van der Waals surface area contributed by atoms with Crippen molar-refractivity contribution in [3.8, 4) is 5.75 Å². The Balaban J connectivity index is 1.95. The highest BCUT2D eigenvalue weighted by atomic mass is 32.2. The van der Waals surface area contributed by atoms with Crippen molar-refractivity contribution in [3.63, 3.8) is 0 Å². The van der Waals surface area contributed by atoms with Gasteiger partial charge in [0, 0.05) is 33.4 Å². The summed E-state index contributed by atoms with van der Waals surface area (Å²) < 4.78 is 57.2. The molecule has 2 heterocycles. The lowest BCUT2D eigenvalue weighted by Crippen LogP contribution is -2.65. The molecule has 5 atom stereocenters. The first-order chi connectivity index (χ1) is 19.3. The largest absolute Gasteiger partial charge is 0.497 e. The summed E-state index contributed by atoms with van der Waals surface area (Å²) in [5.74, 6) is -1.86. The van der Waals surface area contributed by atoms with Gasteiger partial charge in [0.2, 0.25) is 0 Å². The van der Waals surface area contributed by atoms with Crippen LogP contribution in [0.2, 0.25) is 0 Å². The Morgan fingerprint density at radius 3 is 2.29 bits per heavy atom. The van der Waals surface area contributed by atoms with Crippen LogP contribution in [0.25, 0.3) is 0 Å². The smallest absolute Gasteiger partial charge is 0.303 e. The van der Waals surface area contributed by atoms with E-state index in [0.29, 0.717) is 16.9 Å². The maximum atomic E-state index is 14.2. The number of para-hydroxylation sites is 1. The van der Waals surface area contributed by atoms with Crippen molar-refractivity contribution in [2.75, 3.05) is 13.7 Å². The molecule has 14 nitrogen and oxygen atoms in total. The topological polar surface area (TPSA) is 178 Å². The van der Waals surface area contributed by atoms with Crippen molar-refractivity contribution >= 4 is 33.6 Å². The number of hydrogen-bond acceptors (Lipinski definition) is 12. The van der Waals surface area contributed by atoms with Gasteiger partial charge < -0.3 is 23.7 Å². The molecule has 220 valence electrons. The first kappa shape index (κ1) is 29.9. The van der Waals surface area contributed by atoms with Crippen molar-refractivity contribution in [1.29, 1.82) is 0 Å². The number of rotatable bonds is 8. The molecule has 1 saturated heterocycles. The van der Waals surface area contributed by atoms with E-state index in [1.165, 1.54) is 26.2 Å². The summed E-state index contributed by atoms with van der Waals surface area (Å²) in [4.78, 5) is 46.5. The second-order valence-corrected chi connectivity index (χ2v) is 11.2. The van der Waals surface area contributed by atoms with E-state index in [0.717, 1.165) is 30.3 Å². The van der Waals surface area contributed by atoms with Crippen LogP contribution in [0.15, 0.2) is 47.4 Å². The number of hydrogen-bond donors (Lipinski definition) is 0. The molecule has 2 aromatic carbocycles. The summed E-state index contributed by atoms with van der Waals surface area (Å²) in [5.41, 5.74) is 0.299. The Hall–Kier alpha value is -4.08. The Morgan fingerprint density at radius 1 is 1.02 bits per heavy atom. The van der Waals surface area contributed by atoms with Crippen molar-refractivity contribution in [2.24, 2.45) is 0 Å². The molecule has 2 aromatic rings. The molecule has 0 bridgehead atoms. The number of nitro benzene ring substituents is 1. The fourth-order valence-electron chi connectivity index (χ4n) is 5.09. The molecular formula is C26H28N2O12S. The van der Waals surface area contributed by atoms with Gasteiger partial charge in [0.1, 0.15) is 24.6 Å². The molecule has 0 N–H and O–H groups in total. The third-order valence-electron chi connectivity index (χ3n) is 6.68. The van der Waals surface area contributed by atoms with Gasteiger partial charge in [0.15, 0.2) is 17.1 Å². The van der Waals surface area contributed by atoms with E-state index in [1.807, 2.05) is 0 Å². The number of esters is 3. The highest BCUT2D eigenvalue weighted by Gasteiger charge is 2.57. The van der Waals surface area contributed by atoms with E-state index in [1.54, 1.807) is 18.2 Å². The summed E-state index contributed by atoms with van der Waals surface area (Å²) in [6.45, 7) is 2.64. The van der Waals surface area contributed by atoms with E-state index in [4.69, 9.17) is 23.7 Å². The van der Waals surface area contributed by atoms with Crippen LogP contribution in [0.3, 0.4) is 0 Å². The molecule has 0 amide bonds. The van der Waals surface area contributed by atoms with E-state index in [9.17, 15) is 32.9 Å².